The Morgan fingerprint density at radius 2 is 1.44 bits per heavy atom. The zero-order valence-electron chi connectivity index (χ0n) is 11.7. The first kappa shape index (κ1) is 13.4. The molecule has 0 saturated carbocycles. The van der Waals surface area contributed by atoms with E-state index in [0.717, 1.165) is 5.70 Å². The lowest BCUT2D eigenvalue weighted by atomic mass is 10.1. The van der Waals surface area contributed by atoms with E-state index in [1.807, 2.05) is 0 Å². The zero-order valence-corrected chi connectivity index (χ0v) is 12.7. The average molecular weight is 236 g/mol. The third-order valence-corrected chi connectivity index (χ3v) is 4.94. The molecule has 0 aromatic rings. The molecule has 0 amide bonds. The minimum absolute atomic E-state index is 0.135. The molecule has 88 valence electrons. The van der Waals surface area contributed by atoms with Gasteiger partial charge in [0, 0.05) is 0 Å². The molecule has 2 nitrogen and oxygen atoms in total. The summed E-state index contributed by atoms with van der Waals surface area (Å²) in [6.07, 6.45) is 2.19. The molecule has 3 heteroatoms. The maximum atomic E-state index is 4.16. The van der Waals surface area contributed by atoms with Crippen LogP contribution in [0.1, 0.15) is 48.5 Å². The number of allylic oxidation sites excluding steroid dienone is 2. The molecule has 1 aliphatic heterocycles. The van der Waals surface area contributed by atoms with E-state index in [9.17, 15) is 0 Å². The van der Waals surface area contributed by atoms with Crippen LogP contribution >= 0.6 is 0 Å². The lowest BCUT2D eigenvalue weighted by Crippen LogP contribution is -2.56. The Balaban J connectivity index is 3.04. The summed E-state index contributed by atoms with van der Waals surface area (Å²) in [7, 11) is 0.646. The van der Waals surface area contributed by atoms with Crippen molar-refractivity contribution < 1.29 is 0 Å². The molecule has 0 bridgehead atoms. The second-order valence-corrected chi connectivity index (χ2v) is 7.48. The quantitative estimate of drug-likeness (QED) is 0.596. The van der Waals surface area contributed by atoms with Gasteiger partial charge in [-0.1, -0.05) is 11.1 Å². The van der Waals surface area contributed by atoms with Crippen LogP contribution in [0.2, 0.25) is 0 Å². The molecule has 0 radical (unpaired) electrons. The smallest absolute Gasteiger partial charge is 0.0696 e. The molecule has 0 N–H and O–H groups in total. The van der Waals surface area contributed by atoms with Gasteiger partial charge in [0.2, 0.25) is 0 Å². The van der Waals surface area contributed by atoms with Gasteiger partial charge in [0.05, 0.1) is 16.8 Å². The molecule has 1 heterocycles. The first-order valence-electron chi connectivity index (χ1n) is 5.77. The van der Waals surface area contributed by atoms with E-state index in [4.69, 9.17) is 0 Å². The first-order chi connectivity index (χ1) is 7.03. The summed E-state index contributed by atoms with van der Waals surface area (Å²) in [5, 5.41) is 0. The van der Waals surface area contributed by atoms with Crippen LogP contribution in [0.15, 0.2) is 24.0 Å². The standard InChI is InChI=1S/C13H24N2Si/c1-10-9-11(2)15(13(6,7)8)16-14(10)12(3,4)5/h9H,1H2,2-8H3/q+2. The molecule has 0 aromatic heterocycles. The molecule has 0 saturated heterocycles. The highest BCUT2D eigenvalue weighted by molar-refractivity contribution is 6.31. The van der Waals surface area contributed by atoms with Crippen molar-refractivity contribution in [1.29, 1.82) is 0 Å². The van der Waals surface area contributed by atoms with Crippen molar-refractivity contribution in [2.24, 2.45) is 0 Å². The van der Waals surface area contributed by atoms with E-state index in [1.54, 1.807) is 0 Å². The fourth-order valence-electron chi connectivity index (χ4n) is 1.87. The minimum Gasteiger partial charge on any atom is -0.0696 e. The highest BCUT2D eigenvalue weighted by Gasteiger charge is 2.68. The van der Waals surface area contributed by atoms with Gasteiger partial charge >= 0.3 is 9.84 Å². The van der Waals surface area contributed by atoms with Gasteiger partial charge in [-0.25, -0.2) is 0 Å². The fourth-order valence-corrected chi connectivity index (χ4v) is 3.09. The molecule has 1 rings (SSSR count). The lowest BCUT2D eigenvalue weighted by Gasteiger charge is -2.28. The molecular weight excluding hydrogens is 212 g/mol. The van der Waals surface area contributed by atoms with Crippen molar-refractivity contribution in [2.75, 3.05) is 0 Å². The van der Waals surface area contributed by atoms with Gasteiger partial charge in [0.25, 0.3) is 0 Å². The Morgan fingerprint density at radius 3 is 1.81 bits per heavy atom. The monoisotopic (exact) mass is 236 g/mol. The number of nitrogens with zero attached hydrogens (tertiary/aromatic N) is 2. The summed E-state index contributed by atoms with van der Waals surface area (Å²) in [6, 6.07) is 0. The van der Waals surface area contributed by atoms with Crippen LogP contribution in [-0.2, 0) is 0 Å². The van der Waals surface area contributed by atoms with Gasteiger partial charge in [-0.2, -0.15) is 0 Å². The lowest BCUT2D eigenvalue weighted by molar-refractivity contribution is 0.235. The van der Waals surface area contributed by atoms with Crippen LogP contribution in [-0.4, -0.2) is 30.1 Å². The van der Waals surface area contributed by atoms with Crippen molar-refractivity contribution in [3.63, 3.8) is 0 Å². The van der Waals surface area contributed by atoms with Crippen LogP contribution in [0.5, 0.6) is 0 Å². The van der Waals surface area contributed by atoms with Gasteiger partial charge in [0.1, 0.15) is 5.70 Å². The Hall–Kier alpha value is -0.703. The minimum atomic E-state index is 0.135. The van der Waals surface area contributed by atoms with Crippen LogP contribution in [0, 0.1) is 0 Å². The summed E-state index contributed by atoms with van der Waals surface area (Å²) in [4.78, 5) is 0. The summed E-state index contributed by atoms with van der Waals surface area (Å²) in [5.41, 5.74) is 2.75. The second kappa shape index (κ2) is 3.95. The SMILES string of the molecule is C=C1C=C(C)N(C(C)(C)C)[Si+2]N1C(C)(C)C. The van der Waals surface area contributed by atoms with Gasteiger partial charge in [-0.15, -0.1) is 0 Å². The van der Waals surface area contributed by atoms with Gasteiger partial charge < -0.3 is 0 Å². The van der Waals surface area contributed by atoms with Crippen LogP contribution in [0.3, 0.4) is 0 Å². The topological polar surface area (TPSA) is 6.48 Å². The van der Waals surface area contributed by atoms with Crippen molar-refractivity contribution in [3.8, 4) is 0 Å². The number of hydrogen-bond donors (Lipinski definition) is 0. The summed E-state index contributed by atoms with van der Waals surface area (Å²) < 4.78 is 4.83. The number of rotatable bonds is 0. The van der Waals surface area contributed by atoms with Crippen LogP contribution in [0.25, 0.3) is 0 Å². The maximum Gasteiger partial charge on any atom is 1.31 e. The zero-order chi connectivity index (χ0) is 12.7. The number of hydrogen-bond acceptors (Lipinski definition) is 2. The molecule has 0 aromatic carbocycles. The van der Waals surface area contributed by atoms with Gasteiger partial charge in [-0.05, 0) is 59.1 Å². The van der Waals surface area contributed by atoms with Crippen LogP contribution in [0.4, 0.5) is 0 Å². The van der Waals surface area contributed by atoms with Crippen molar-refractivity contribution >= 4 is 9.84 Å². The van der Waals surface area contributed by atoms with Crippen molar-refractivity contribution in [3.05, 3.63) is 24.0 Å². The van der Waals surface area contributed by atoms with E-state index >= 15 is 0 Å². The van der Waals surface area contributed by atoms with E-state index in [2.05, 4.69) is 70.3 Å². The molecule has 16 heavy (non-hydrogen) atoms. The van der Waals surface area contributed by atoms with E-state index < -0.39 is 0 Å². The summed E-state index contributed by atoms with van der Waals surface area (Å²) >= 11 is 0. The average Bonchev–Trinajstić information content (AvgIpc) is 1.97. The third-order valence-electron chi connectivity index (χ3n) is 2.56. The Bertz CT molecular complexity index is 318. The molecule has 0 fully saturated rings. The van der Waals surface area contributed by atoms with E-state index in [1.165, 1.54) is 5.70 Å². The summed E-state index contributed by atoms with van der Waals surface area (Å²) in [6.45, 7) is 19.8. The van der Waals surface area contributed by atoms with Crippen molar-refractivity contribution in [1.82, 2.24) is 9.13 Å². The van der Waals surface area contributed by atoms with E-state index in [0.29, 0.717) is 9.84 Å². The van der Waals surface area contributed by atoms with Gasteiger partial charge in [-0.3, -0.25) is 0 Å². The van der Waals surface area contributed by atoms with Crippen LogP contribution < -0.4 is 0 Å². The predicted octanol–water partition coefficient (Wildman–Crippen LogP) is 3.15. The molecular formula is C13H24N2Si+2. The second-order valence-electron chi connectivity index (χ2n) is 6.39. The first-order valence-corrected chi connectivity index (χ1v) is 6.67. The Kier molecular flexibility index (Phi) is 3.30. The Morgan fingerprint density at radius 1 is 1.00 bits per heavy atom. The predicted molar refractivity (Wildman–Crippen MR) is 71.8 cm³/mol. The summed E-state index contributed by atoms with van der Waals surface area (Å²) in [5.74, 6) is 0. The largest absolute Gasteiger partial charge is 1.31 e. The van der Waals surface area contributed by atoms with E-state index in [-0.39, 0.29) is 11.1 Å². The molecule has 1 aliphatic rings. The highest BCUT2D eigenvalue weighted by Crippen LogP contribution is 2.29. The molecule has 0 atom stereocenters. The van der Waals surface area contributed by atoms with Gasteiger partial charge in [0.15, 0.2) is 0 Å². The molecule has 0 spiro atoms. The molecule has 0 aliphatic carbocycles. The molecule has 0 unspecified atom stereocenters. The fraction of sp³-hybridized carbons (Fsp3) is 0.692. The highest BCUT2D eigenvalue weighted by atomic mass is 28.2. The third kappa shape index (κ3) is 2.70. The normalized spacial score (nSPS) is 17.9. The Labute approximate surface area is 103 Å². The maximum absolute atomic E-state index is 4.16. The van der Waals surface area contributed by atoms with Crippen molar-refractivity contribution in [2.45, 2.75) is 59.5 Å².